The Morgan fingerprint density at radius 1 is 0.435 bits per heavy atom. The Kier molecular flexibility index (Phi) is 9.14. The summed E-state index contributed by atoms with van der Waals surface area (Å²) in [5.41, 5.74) is 14.4. The molecule has 0 amide bonds. The molecule has 0 bridgehead atoms. The van der Waals surface area contributed by atoms with Crippen molar-refractivity contribution in [1.29, 1.82) is 0 Å². The normalized spacial score (nSPS) is 11.9. The van der Waals surface area contributed by atoms with Gasteiger partial charge in [-0.3, -0.25) is 0 Å². The van der Waals surface area contributed by atoms with E-state index in [1.54, 1.807) is 12.1 Å². The number of fused-ring (bicyclic) bond motifs is 6. The lowest BCUT2D eigenvalue weighted by Gasteiger charge is -2.27. The van der Waals surface area contributed by atoms with E-state index in [2.05, 4.69) is 212 Å². The summed E-state index contributed by atoms with van der Waals surface area (Å²) in [5.74, 6) is -0.244. The first-order valence-electron chi connectivity index (χ1n) is 21.2. The molecule has 0 aliphatic carbocycles. The number of para-hydroxylation sites is 1. The molecule has 11 aromatic rings. The molecule has 11 rings (SSSR count). The van der Waals surface area contributed by atoms with Crippen LogP contribution in [0, 0.1) is 5.82 Å². The zero-order chi connectivity index (χ0) is 42.0. The molecular formula is C58H43FN2S. The van der Waals surface area contributed by atoms with Gasteiger partial charge < -0.3 is 9.47 Å². The summed E-state index contributed by atoms with van der Waals surface area (Å²) < 4.78 is 19.7. The van der Waals surface area contributed by atoms with Crippen molar-refractivity contribution in [2.75, 3.05) is 4.90 Å². The fourth-order valence-corrected chi connectivity index (χ4v) is 10.5. The van der Waals surface area contributed by atoms with E-state index in [1.807, 2.05) is 23.5 Å². The lowest BCUT2D eigenvalue weighted by atomic mass is 9.81. The quantitative estimate of drug-likeness (QED) is 0.156. The molecule has 0 spiro atoms. The van der Waals surface area contributed by atoms with Crippen LogP contribution in [0.5, 0.6) is 0 Å². The third-order valence-corrected chi connectivity index (χ3v) is 13.4. The van der Waals surface area contributed by atoms with Gasteiger partial charge in [-0.25, -0.2) is 4.39 Å². The molecule has 9 aromatic carbocycles. The predicted molar refractivity (Wildman–Crippen MR) is 263 cm³/mol. The molecule has 0 radical (unpaired) electrons. The molecule has 4 heteroatoms. The van der Waals surface area contributed by atoms with Crippen LogP contribution >= 0.6 is 11.3 Å². The first kappa shape index (κ1) is 37.7. The van der Waals surface area contributed by atoms with Crippen molar-refractivity contribution in [3.8, 4) is 39.1 Å². The topological polar surface area (TPSA) is 8.17 Å². The van der Waals surface area contributed by atoms with Crippen molar-refractivity contribution < 1.29 is 4.39 Å². The summed E-state index contributed by atoms with van der Waals surface area (Å²) in [6.07, 6.45) is 0. The van der Waals surface area contributed by atoms with Crippen LogP contribution in [-0.2, 0) is 5.41 Å². The lowest BCUT2D eigenvalue weighted by Crippen LogP contribution is -2.13. The number of rotatable bonds is 7. The Labute approximate surface area is 365 Å². The standard InChI is InChI=1S/C58H43FN2S/c1-58(2,3)53-35-33-46(61-54-18-9-7-14-48(54)49-34-26-42(59)36-55(49)61)37-52(53)41-24-31-45(32-25-41)60(43-27-20-39(21-28-43)38-12-5-4-6-13-38)44-29-22-40(23-30-44)47-16-11-17-51-50-15-8-10-19-56(50)62-57(47)51/h4-37H,1-3H3. The number of halogens is 1. The summed E-state index contributed by atoms with van der Waals surface area (Å²) >= 11 is 1.86. The van der Waals surface area contributed by atoms with Crippen molar-refractivity contribution in [2.45, 2.75) is 26.2 Å². The molecule has 0 saturated carbocycles. The van der Waals surface area contributed by atoms with E-state index >= 15 is 0 Å². The van der Waals surface area contributed by atoms with E-state index in [-0.39, 0.29) is 11.2 Å². The van der Waals surface area contributed by atoms with Crippen molar-refractivity contribution in [2.24, 2.45) is 0 Å². The summed E-state index contributed by atoms with van der Waals surface area (Å²) in [6.45, 7) is 6.80. The monoisotopic (exact) mass is 818 g/mol. The number of thiophene rings is 1. The Hall–Kier alpha value is -7.27. The number of hydrogen-bond acceptors (Lipinski definition) is 2. The second-order valence-electron chi connectivity index (χ2n) is 17.1. The van der Waals surface area contributed by atoms with Crippen LogP contribution < -0.4 is 4.90 Å². The number of nitrogens with zero attached hydrogens (tertiary/aromatic N) is 2. The molecule has 0 aliphatic rings. The van der Waals surface area contributed by atoms with Crippen LogP contribution in [0.3, 0.4) is 0 Å². The van der Waals surface area contributed by atoms with Gasteiger partial charge in [-0.05, 0) is 123 Å². The molecule has 0 unspecified atom stereocenters. The summed E-state index contributed by atoms with van der Waals surface area (Å²) in [6, 6.07) is 72.9. The second-order valence-corrected chi connectivity index (χ2v) is 18.2. The number of hydrogen-bond donors (Lipinski definition) is 0. The third-order valence-electron chi connectivity index (χ3n) is 12.2. The minimum Gasteiger partial charge on any atom is -0.311 e. The predicted octanol–water partition coefficient (Wildman–Crippen LogP) is 17.1. The van der Waals surface area contributed by atoms with Crippen LogP contribution in [0.2, 0.25) is 0 Å². The molecule has 0 saturated heterocycles. The maximum atomic E-state index is 14.8. The highest BCUT2D eigenvalue weighted by molar-refractivity contribution is 7.26. The number of aromatic nitrogens is 1. The molecule has 0 N–H and O–H groups in total. The van der Waals surface area contributed by atoms with Crippen LogP contribution in [0.15, 0.2) is 206 Å². The van der Waals surface area contributed by atoms with Crippen molar-refractivity contribution in [1.82, 2.24) is 4.57 Å². The van der Waals surface area contributed by atoms with Crippen LogP contribution in [-0.4, -0.2) is 4.57 Å². The van der Waals surface area contributed by atoms with Gasteiger partial charge in [0, 0.05) is 53.7 Å². The van der Waals surface area contributed by atoms with Crippen LogP contribution in [0.1, 0.15) is 26.3 Å². The van der Waals surface area contributed by atoms with Gasteiger partial charge in [-0.1, -0.05) is 148 Å². The van der Waals surface area contributed by atoms with Gasteiger partial charge in [0.05, 0.1) is 11.0 Å². The number of benzene rings is 9. The highest BCUT2D eigenvalue weighted by atomic mass is 32.1. The summed E-state index contributed by atoms with van der Waals surface area (Å²) in [5, 5.41) is 4.75. The van der Waals surface area contributed by atoms with Crippen LogP contribution in [0.4, 0.5) is 21.5 Å². The number of anilines is 3. The van der Waals surface area contributed by atoms with Gasteiger partial charge in [0.25, 0.3) is 0 Å². The summed E-state index contributed by atoms with van der Waals surface area (Å²) in [4.78, 5) is 2.34. The molecule has 2 aromatic heterocycles. The zero-order valence-corrected chi connectivity index (χ0v) is 35.6. The van der Waals surface area contributed by atoms with Gasteiger partial charge in [-0.2, -0.15) is 0 Å². The first-order valence-corrected chi connectivity index (χ1v) is 22.0. The highest BCUT2D eigenvalue weighted by Crippen LogP contribution is 2.43. The second kappa shape index (κ2) is 15.0. The lowest BCUT2D eigenvalue weighted by molar-refractivity contribution is 0.592. The smallest absolute Gasteiger partial charge is 0.125 e. The highest BCUT2D eigenvalue weighted by Gasteiger charge is 2.22. The Morgan fingerprint density at radius 3 is 1.69 bits per heavy atom. The summed E-state index contributed by atoms with van der Waals surface area (Å²) in [7, 11) is 0. The van der Waals surface area contributed by atoms with Gasteiger partial charge in [0.15, 0.2) is 0 Å². The maximum Gasteiger partial charge on any atom is 0.125 e. The van der Waals surface area contributed by atoms with E-state index in [1.165, 1.54) is 48.0 Å². The van der Waals surface area contributed by atoms with Crippen LogP contribution in [0.25, 0.3) is 81.0 Å². The van der Waals surface area contributed by atoms with E-state index in [0.29, 0.717) is 0 Å². The van der Waals surface area contributed by atoms with Crippen molar-refractivity contribution >= 4 is 70.4 Å². The van der Waals surface area contributed by atoms with Gasteiger partial charge in [0.2, 0.25) is 0 Å². The molecule has 2 nitrogen and oxygen atoms in total. The molecule has 62 heavy (non-hydrogen) atoms. The Bertz CT molecular complexity index is 3430. The van der Waals surface area contributed by atoms with E-state index in [4.69, 9.17) is 0 Å². The Balaban J connectivity index is 1.01. The SMILES string of the molecule is CC(C)(C)c1ccc(-n2c3ccccc3c3ccc(F)cc32)cc1-c1ccc(N(c2ccc(-c3ccccc3)cc2)c2ccc(-c3cccc4c3sc3ccccc34)cc2)cc1. The zero-order valence-electron chi connectivity index (χ0n) is 34.8. The van der Waals surface area contributed by atoms with Crippen molar-refractivity contribution in [3.05, 3.63) is 218 Å². The fourth-order valence-electron chi connectivity index (χ4n) is 9.22. The fraction of sp³-hybridized carbons (Fsp3) is 0.0690. The molecule has 298 valence electrons. The van der Waals surface area contributed by atoms with Gasteiger partial charge in [-0.15, -0.1) is 11.3 Å². The first-order chi connectivity index (χ1) is 30.3. The molecule has 2 heterocycles. The Morgan fingerprint density at radius 2 is 1.00 bits per heavy atom. The molecule has 0 atom stereocenters. The molecule has 0 aliphatic heterocycles. The van der Waals surface area contributed by atoms with E-state index in [0.717, 1.165) is 55.7 Å². The van der Waals surface area contributed by atoms with E-state index < -0.39 is 0 Å². The molecule has 0 fully saturated rings. The van der Waals surface area contributed by atoms with Crippen molar-refractivity contribution in [3.63, 3.8) is 0 Å². The van der Waals surface area contributed by atoms with Gasteiger partial charge >= 0.3 is 0 Å². The van der Waals surface area contributed by atoms with Gasteiger partial charge in [0.1, 0.15) is 5.82 Å². The molecular weight excluding hydrogens is 776 g/mol. The largest absolute Gasteiger partial charge is 0.311 e. The average Bonchev–Trinajstić information content (AvgIpc) is 3.85. The third kappa shape index (κ3) is 6.55. The average molecular weight is 819 g/mol. The van der Waals surface area contributed by atoms with E-state index in [9.17, 15) is 4.39 Å². The minimum atomic E-state index is -0.244. The maximum absolute atomic E-state index is 14.8. The minimum absolute atomic E-state index is 0.117.